The summed E-state index contributed by atoms with van der Waals surface area (Å²) in [6.07, 6.45) is 1.23. The van der Waals surface area contributed by atoms with Crippen LogP contribution in [-0.4, -0.2) is 49.1 Å². The van der Waals surface area contributed by atoms with Crippen LogP contribution in [0.2, 0.25) is 0 Å². The number of benzene rings is 1. The Labute approximate surface area is 124 Å². The van der Waals surface area contributed by atoms with Crippen molar-refractivity contribution >= 4 is 15.9 Å². The number of likely N-dealkylation sites (N-methyl/N-ethyl adjacent to an activating group) is 1. The highest BCUT2D eigenvalue weighted by Gasteiger charge is 2.31. The molecule has 0 saturated carbocycles. The molecule has 2 rings (SSSR count). The van der Waals surface area contributed by atoms with E-state index in [1.165, 1.54) is 12.0 Å². The van der Waals surface area contributed by atoms with E-state index < -0.39 is 0 Å². The van der Waals surface area contributed by atoms with Gasteiger partial charge in [0.25, 0.3) is 0 Å². The van der Waals surface area contributed by atoms with Crippen LogP contribution in [0.15, 0.2) is 28.7 Å². The number of halogens is 1. The molecule has 1 saturated heterocycles. The molecule has 4 heteroatoms. The highest BCUT2D eigenvalue weighted by molar-refractivity contribution is 9.10. The zero-order valence-corrected chi connectivity index (χ0v) is 13.6. The van der Waals surface area contributed by atoms with E-state index in [1.807, 2.05) is 0 Å². The monoisotopic (exact) mass is 325 g/mol. The minimum atomic E-state index is 0.134. The first-order valence-electron chi connectivity index (χ1n) is 6.90. The van der Waals surface area contributed by atoms with E-state index in [9.17, 15) is 0 Å². The molecule has 0 aromatic heterocycles. The molecule has 0 amide bonds. The van der Waals surface area contributed by atoms with E-state index in [-0.39, 0.29) is 6.04 Å². The van der Waals surface area contributed by atoms with Crippen LogP contribution in [0.1, 0.15) is 24.9 Å². The average molecular weight is 326 g/mol. The molecule has 3 nitrogen and oxygen atoms in total. The lowest BCUT2D eigenvalue weighted by Crippen LogP contribution is -2.40. The van der Waals surface area contributed by atoms with Gasteiger partial charge in [0.05, 0.1) is 0 Å². The molecule has 3 atom stereocenters. The van der Waals surface area contributed by atoms with Gasteiger partial charge < -0.3 is 10.6 Å². The third kappa shape index (κ3) is 3.57. The molecule has 3 unspecified atom stereocenters. The molecule has 1 aromatic carbocycles. The van der Waals surface area contributed by atoms with Gasteiger partial charge in [-0.2, -0.15) is 0 Å². The van der Waals surface area contributed by atoms with Crippen molar-refractivity contribution in [3.8, 4) is 0 Å². The van der Waals surface area contributed by atoms with E-state index in [4.69, 9.17) is 5.73 Å². The highest BCUT2D eigenvalue weighted by Crippen LogP contribution is 2.29. The van der Waals surface area contributed by atoms with E-state index in [0.717, 1.165) is 17.6 Å². The first-order chi connectivity index (χ1) is 8.99. The largest absolute Gasteiger partial charge is 0.326 e. The number of nitrogens with zero attached hydrogens (tertiary/aromatic N) is 2. The zero-order valence-electron chi connectivity index (χ0n) is 12.0. The van der Waals surface area contributed by atoms with Crippen LogP contribution in [0.25, 0.3) is 0 Å². The van der Waals surface area contributed by atoms with Crippen molar-refractivity contribution in [3.05, 3.63) is 34.3 Å². The molecule has 1 heterocycles. The summed E-state index contributed by atoms with van der Waals surface area (Å²) < 4.78 is 1.12. The van der Waals surface area contributed by atoms with Crippen molar-refractivity contribution in [1.82, 2.24) is 9.80 Å². The van der Waals surface area contributed by atoms with Crippen LogP contribution in [0, 0.1) is 0 Å². The fraction of sp³-hybridized carbons (Fsp3) is 0.600. The van der Waals surface area contributed by atoms with E-state index >= 15 is 0 Å². The molecule has 2 N–H and O–H groups in total. The molecule has 1 aromatic rings. The molecular weight excluding hydrogens is 302 g/mol. The van der Waals surface area contributed by atoms with Gasteiger partial charge in [0, 0.05) is 35.7 Å². The van der Waals surface area contributed by atoms with Crippen molar-refractivity contribution in [3.63, 3.8) is 0 Å². The van der Waals surface area contributed by atoms with Crippen LogP contribution >= 0.6 is 15.9 Å². The van der Waals surface area contributed by atoms with Crippen molar-refractivity contribution in [2.24, 2.45) is 5.73 Å². The van der Waals surface area contributed by atoms with Crippen LogP contribution in [0.5, 0.6) is 0 Å². The zero-order chi connectivity index (χ0) is 14.0. The molecule has 1 aliphatic heterocycles. The maximum absolute atomic E-state index is 6.25. The number of hydrogen-bond acceptors (Lipinski definition) is 3. The third-order valence-corrected chi connectivity index (χ3v) is 4.50. The average Bonchev–Trinajstić information content (AvgIpc) is 2.78. The summed E-state index contributed by atoms with van der Waals surface area (Å²) in [4.78, 5) is 4.84. The van der Waals surface area contributed by atoms with Gasteiger partial charge in [-0.1, -0.05) is 28.1 Å². The maximum Gasteiger partial charge on any atom is 0.0497 e. The minimum Gasteiger partial charge on any atom is -0.326 e. The third-order valence-electron chi connectivity index (χ3n) is 4.01. The fourth-order valence-corrected chi connectivity index (χ4v) is 3.40. The van der Waals surface area contributed by atoms with Gasteiger partial charge in [-0.25, -0.2) is 0 Å². The van der Waals surface area contributed by atoms with Crippen LogP contribution in [0.4, 0.5) is 0 Å². The second-order valence-corrected chi connectivity index (χ2v) is 6.68. The van der Waals surface area contributed by atoms with Crippen molar-refractivity contribution in [1.29, 1.82) is 0 Å². The predicted octanol–water partition coefficient (Wildman–Crippen LogP) is 2.47. The van der Waals surface area contributed by atoms with Crippen LogP contribution in [-0.2, 0) is 0 Å². The lowest BCUT2D eigenvalue weighted by atomic mass is 9.99. The van der Waals surface area contributed by atoms with Gasteiger partial charge >= 0.3 is 0 Å². The smallest absolute Gasteiger partial charge is 0.0497 e. The van der Waals surface area contributed by atoms with Gasteiger partial charge in [0.2, 0.25) is 0 Å². The SMILES string of the molecule is CC(N)C(c1cccc(Br)c1)N1CCC(N(C)C)C1. The van der Waals surface area contributed by atoms with Crippen molar-refractivity contribution in [2.45, 2.75) is 31.5 Å². The fourth-order valence-electron chi connectivity index (χ4n) is 2.98. The molecule has 0 bridgehead atoms. The Kier molecular flexibility index (Phi) is 5.01. The van der Waals surface area contributed by atoms with Gasteiger partial charge in [0.1, 0.15) is 0 Å². The summed E-state index contributed by atoms with van der Waals surface area (Å²) >= 11 is 3.56. The minimum absolute atomic E-state index is 0.134. The topological polar surface area (TPSA) is 32.5 Å². The summed E-state index contributed by atoms with van der Waals surface area (Å²) in [6, 6.07) is 9.62. The summed E-state index contributed by atoms with van der Waals surface area (Å²) in [6.45, 7) is 4.34. The molecular formula is C15H24BrN3. The van der Waals surface area contributed by atoms with Crippen LogP contribution < -0.4 is 5.73 Å². The summed E-state index contributed by atoms with van der Waals surface area (Å²) in [5, 5.41) is 0. The van der Waals surface area contributed by atoms with Crippen molar-refractivity contribution in [2.75, 3.05) is 27.2 Å². The first kappa shape index (κ1) is 15.0. The van der Waals surface area contributed by atoms with E-state index in [0.29, 0.717) is 12.1 Å². The second kappa shape index (κ2) is 6.35. The molecule has 0 radical (unpaired) electrons. The lowest BCUT2D eigenvalue weighted by Gasteiger charge is -2.32. The Morgan fingerprint density at radius 2 is 2.16 bits per heavy atom. The quantitative estimate of drug-likeness (QED) is 0.923. The standard InChI is InChI=1S/C15H24BrN3/c1-11(17)15(12-5-4-6-13(16)9-12)19-8-7-14(10-19)18(2)3/h4-6,9,11,14-15H,7-8,10,17H2,1-3H3. The Bertz CT molecular complexity index is 420. The summed E-state index contributed by atoms with van der Waals surface area (Å²) in [7, 11) is 4.32. The van der Waals surface area contributed by atoms with Gasteiger partial charge in [-0.15, -0.1) is 0 Å². The molecule has 0 spiro atoms. The van der Waals surface area contributed by atoms with E-state index in [2.05, 4.69) is 71.0 Å². The maximum atomic E-state index is 6.25. The normalized spacial score (nSPS) is 23.8. The second-order valence-electron chi connectivity index (χ2n) is 5.76. The molecule has 1 aliphatic rings. The highest BCUT2D eigenvalue weighted by atomic mass is 79.9. The number of rotatable bonds is 4. The van der Waals surface area contributed by atoms with Crippen LogP contribution in [0.3, 0.4) is 0 Å². The number of nitrogens with two attached hydrogens (primary N) is 1. The Balaban J connectivity index is 2.18. The molecule has 19 heavy (non-hydrogen) atoms. The summed E-state index contributed by atoms with van der Waals surface area (Å²) in [5.41, 5.74) is 7.56. The van der Waals surface area contributed by atoms with Crippen molar-refractivity contribution < 1.29 is 0 Å². The first-order valence-corrected chi connectivity index (χ1v) is 7.70. The Morgan fingerprint density at radius 1 is 1.42 bits per heavy atom. The van der Waals surface area contributed by atoms with Gasteiger partial charge in [-0.05, 0) is 45.1 Å². The van der Waals surface area contributed by atoms with E-state index in [1.54, 1.807) is 0 Å². The Morgan fingerprint density at radius 3 is 2.68 bits per heavy atom. The number of hydrogen-bond donors (Lipinski definition) is 1. The predicted molar refractivity (Wildman–Crippen MR) is 84.2 cm³/mol. The molecule has 1 fully saturated rings. The number of likely N-dealkylation sites (tertiary alicyclic amines) is 1. The van der Waals surface area contributed by atoms with Gasteiger partial charge in [-0.3, -0.25) is 4.90 Å². The lowest BCUT2D eigenvalue weighted by molar-refractivity contribution is 0.197. The summed E-state index contributed by atoms with van der Waals surface area (Å²) in [5.74, 6) is 0. The Hall–Kier alpha value is -0.420. The molecule has 106 valence electrons. The molecule has 0 aliphatic carbocycles. The van der Waals surface area contributed by atoms with Gasteiger partial charge in [0.15, 0.2) is 0 Å².